The molecular weight excluding hydrogens is 377 g/mol. The van der Waals surface area contributed by atoms with Crippen LogP contribution in [0.15, 0.2) is 42.6 Å². The number of H-pyrrole nitrogens is 1. The van der Waals surface area contributed by atoms with Crippen molar-refractivity contribution in [3.8, 4) is 11.5 Å². The van der Waals surface area contributed by atoms with E-state index in [1.165, 1.54) is 19.2 Å². The third-order valence-corrected chi connectivity index (χ3v) is 4.76. The minimum absolute atomic E-state index is 0.142. The number of rotatable bonds is 5. The number of ketones is 1. The normalized spacial score (nSPS) is 12.2. The Morgan fingerprint density at radius 3 is 2.67 bits per heavy atom. The lowest BCUT2D eigenvalue weighted by Crippen LogP contribution is -2.08. The van der Waals surface area contributed by atoms with Gasteiger partial charge >= 0.3 is 0 Å². The van der Waals surface area contributed by atoms with E-state index in [0.717, 1.165) is 10.9 Å². The summed E-state index contributed by atoms with van der Waals surface area (Å²) in [6, 6.07) is 9.57. The van der Waals surface area contributed by atoms with Crippen LogP contribution in [0.25, 0.3) is 10.9 Å². The number of fused-ring (bicyclic) bond motifs is 1. The SMILES string of the molecule is COc1ccc2c(C(=O)C(Br)c3ccc(F)cc3OC)c[nH]c2c1. The van der Waals surface area contributed by atoms with Gasteiger partial charge in [0.2, 0.25) is 0 Å². The summed E-state index contributed by atoms with van der Waals surface area (Å²) in [7, 11) is 3.03. The Kier molecular flexibility index (Phi) is 4.57. The molecule has 0 fully saturated rings. The van der Waals surface area contributed by atoms with E-state index in [1.54, 1.807) is 25.4 Å². The van der Waals surface area contributed by atoms with Crippen LogP contribution in [0.4, 0.5) is 4.39 Å². The maximum atomic E-state index is 13.4. The number of halogens is 2. The lowest BCUT2D eigenvalue weighted by Gasteiger charge is -2.13. The molecule has 0 aliphatic rings. The number of benzene rings is 2. The van der Waals surface area contributed by atoms with Crippen LogP contribution in [0, 0.1) is 5.82 Å². The van der Waals surface area contributed by atoms with Gasteiger partial charge in [0, 0.05) is 40.4 Å². The van der Waals surface area contributed by atoms with Gasteiger partial charge in [-0.05, 0) is 18.2 Å². The second-order valence-corrected chi connectivity index (χ2v) is 6.14. The summed E-state index contributed by atoms with van der Waals surface area (Å²) in [5.41, 5.74) is 1.93. The standard InChI is InChI=1S/C18H15BrFNO3/c1-23-11-4-6-12-14(9-21-15(12)8-11)18(22)17(19)13-5-3-10(20)7-16(13)24-2/h3-9,17,21H,1-2H3. The van der Waals surface area contributed by atoms with E-state index in [-0.39, 0.29) is 5.78 Å². The largest absolute Gasteiger partial charge is 0.497 e. The molecule has 0 bridgehead atoms. The maximum Gasteiger partial charge on any atom is 0.183 e. The van der Waals surface area contributed by atoms with E-state index in [2.05, 4.69) is 20.9 Å². The van der Waals surface area contributed by atoms with Gasteiger partial charge in [0.1, 0.15) is 22.1 Å². The topological polar surface area (TPSA) is 51.3 Å². The number of aromatic nitrogens is 1. The third kappa shape index (κ3) is 2.89. The molecule has 6 heteroatoms. The van der Waals surface area contributed by atoms with Gasteiger partial charge < -0.3 is 14.5 Å². The molecule has 0 amide bonds. The second-order valence-electron chi connectivity index (χ2n) is 5.23. The number of hydrogen-bond donors (Lipinski definition) is 1. The van der Waals surface area contributed by atoms with E-state index in [0.29, 0.717) is 22.6 Å². The van der Waals surface area contributed by atoms with Crippen LogP contribution in [-0.4, -0.2) is 25.0 Å². The monoisotopic (exact) mass is 391 g/mol. The Hall–Kier alpha value is -2.34. The Balaban J connectivity index is 2.00. The Labute approximate surface area is 146 Å². The molecule has 1 atom stereocenters. The quantitative estimate of drug-likeness (QED) is 0.508. The van der Waals surface area contributed by atoms with Crippen molar-refractivity contribution in [3.63, 3.8) is 0 Å². The van der Waals surface area contributed by atoms with Crippen molar-refractivity contribution < 1.29 is 18.7 Å². The molecular formula is C18H15BrFNO3. The highest BCUT2D eigenvalue weighted by atomic mass is 79.9. The van der Waals surface area contributed by atoms with Crippen molar-refractivity contribution in [2.24, 2.45) is 0 Å². The Morgan fingerprint density at radius 2 is 1.96 bits per heavy atom. The van der Waals surface area contributed by atoms with Gasteiger partial charge in [-0.25, -0.2) is 4.39 Å². The lowest BCUT2D eigenvalue weighted by molar-refractivity contribution is 0.0992. The van der Waals surface area contributed by atoms with E-state index >= 15 is 0 Å². The molecule has 0 spiro atoms. The summed E-state index contributed by atoms with van der Waals surface area (Å²) in [6.07, 6.45) is 1.66. The fraction of sp³-hybridized carbons (Fsp3) is 0.167. The number of nitrogens with one attached hydrogen (secondary N) is 1. The summed E-state index contributed by atoms with van der Waals surface area (Å²) in [6.45, 7) is 0. The van der Waals surface area contributed by atoms with E-state index in [9.17, 15) is 9.18 Å². The molecule has 0 radical (unpaired) electrons. The number of hydrogen-bond acceptors (Lipinski definition) is 3. The molecule has 1 heterocycles. The lowest BCUT2D eigenvalue weighted by atomic mass is 10.0. The van der Waals surface area contributed by atoms with Gasteiger partial charge in [0.25, 0.3) is 0 Å². The molecule has 3 rings (SSSR count). The molecule has 1 aromatic heterocycles. The van der Waals surface area contributed by atoms with Gasteiger partial charge in [-0.3, -0.25) is 4.79 Å². The van der Waals surface area contributed by atoms with Crippen molar-refractivity contribution in [1.82, 2.24) is 4.98 Å². The van der Waals surface area contributed by atoms with Crippen LogP contribution in [0.5, 0.6) is 11.5 Å². The molecule has 1 N–H and O–H groups in total. The zero-order valence-electron chi connectivity index (χ0n) is 13.1. The van der Waals surface area contributed by atoms with E-state index in [4.69, 9.17) is 9.47 Å². The predicted octanol–water partition coefficient (Wildman–Crippen LogP) is 4.64. The highest BCUT2D eigenvalue weighted by Crippen LogP contribution is 2.36. The smallest absolute Gasteiger partial charge is 0.183 e. The first kappa shape index (κ1) is 16.5. The number of carbonyl (C=O) groups is 1. The van der Waals surface area contributed by atoms with Gasteiger partial charge in [-0.2, -0.15) is 0 Å². The fourth-order valence-electron chi connectivity index (χ4n) is 2.61. The summed E-state index contributed by atoms with van der Waals surface area (Å²) in [5, 5.41) is 0.798. The molecule has 0 aliphatic carbocycles. The first-order valence-electron chi connectivity index (χ1n) is 7.22. The molecule has 0 aliphatic heterocycles. The van der Waals surface area contributed by atoms with E-state index < -0.39 is 10.6 Å². The summed E-state index contributed by atoms with van der Waals surface area (Å²) in [5.74, 6) is 0.476. The molecule has 2 aromatic carbocycles. The zero-order chi connectivity index (χ0) is 17.3. The van der Waals surface area contributed by atoms with E-state index in [1.807, 2.05) is 12.1 Å². The number of methoxy groups -OCH3 is 2. The molecule has 0 saturated heterocycles. The van der Waals surface area contributed by atoms with Gasteiger partial charge in [0.05, 0.1) is 14.2 Å². The average molecular weight is 392 g/mol. The van der Waals surface area contributed by atoms with Gasteiger partial charge in [-0.1, -0.05) is 22.0 Å². The average Bonchev–Trinajstić information content (AvgIpc) is 3.03. The third-order valence-electron chi connectivity index (χ3n) is 3.85. The molecule has 24 heavy (non-hydrogen) atoms. The number of ether oxygens (including phenoxy) is 2. The number of alkyl halides is 1. The van der Waals surface area contributed by atoms with Crippen molar-refractivity contribution >= 4 is 32.6 Å². The number of Topliss-reactive ketones (excluding diaryl/α,β-unsaturated/α-hetero) is 1. The maximum absolute atomic E-state index is 13.4. The van der Waals surface area contributed by atoms with Crippen molar-refractivity contribution in [2.45, 2.75) is 4.83 Å². The Bertz CT molecular complexity index is 906. The van der Waals surface area contributed by atoms with Gasteiger partial charge in [-0.15, -0.1) is 0 Å². The summed E-state index contributed by atoms with van der Waals surface area (Å²) in [4.78, 5) is 15.3. The first-order chi connectivity index (χ1) is 11.5. The summed E-state index contributed by atoms with van der Waals surface area (Å²) >= 11 is 3.41. The minimum atomic E-state index is -0.644. The number of carbonyl (C=O) groups excluding carboxylic acids is 1. The molecule has 0 saturated carbocycles. The van der Waals surface area contributed by atoms with Crippen LogP contribution >= 0.6 is 15.9 Å². The minimum Gasteiger partial charge on any atom is -0.497 e. The Morgan fingerprint density at radius 1 is 1.17 bits per heavy atom. The number of aromatic amines is 1. The highest BCUT2D eigenvalue weighted by molar-refractivity contribution is 9.09. The van der Waals surface area contributed by atoms with Crippen LogP contribution in [0.2, 0.25) is 0 Å². The van der Waals surface area contributed by atoms with Crippen molar-refractivity contribution in [3.05, 3.63) is 59.5 Å². The second kappa shape index (κ2) is 6.65. The molecule has 3 aromatic rings. The van der Waals surface area contributed by atoms with Gasteiger partial charge in [0.15, 0.2) is 5.78 Å². The van der Waals surface area contributed by atoms with Crippen molar-refractivity contribution in [2.75, 3.05) is 14.2 Å². The summed E-state index contributed by atoms with van der Waals surface area (Å²) < 4.78 is 23.7. The first-order valence-corrected chi connectivity index (χ1v) is 8.13. The van der Waals surface area contributed by atoms with Crippen LogP contribution in [0.3, 0.4) is 0 Å². The predicted molar refractivity (Wildman–Crippen MR) is 93.8 cm³/mol. The van der Waals surface area contributed by atoms with Crippen LogP contribution in [-0.2, 0) is 0 Å². The fourth-order valence-corrected chi connectivity index (χ4v) is 3.23. The highest BCUT2D eigenvalue weighted by Gasteiger charge is 2.25. The van der Waals surface area contributed by atoms with Crippen LogP contribution < -0.4 is 9.47 Å². The van der Waals surface area contributed by atoms with Crippen molar-refractivity contribution in [1.29, 1.82) is 0 Å². The molecule has 1 unspecified atom stereocenters. The molecule has 124 valence electrons. The zero-order valence-corrected chi connectivity index (χ0v) is 14.7. The molecule has 4 nitrogen and oxygen atoms in total. The van der Waals surface area contributed by atoms with Crippen LogP contribution in [0.1, 0.15) is 20.7 Å².